The molecule has 0 radical (unpaired) electrons. The van der Waals surface area contributed by atoms with Gasteiger partial charge in [-0.3, -0.25) is 4.79 Å². The number of hydrogen-bond donors (Lipinski definition) is 0. The molecule has 0 aliphatic rings. The maximum atomic E-state index is 12.3. The molecule has 0 fully saturated rings. The lowest BCUT2D eigenvalue weighted by atomic mass is 10.2. The molecule has 1 aromatic rings. The minimum absolute atomic E-state index is 0.00889. The number of carbonyl (C=O) groups is 2. The van der Waals surface area contributed by atoms with Crippen LogP contribution in [0.5, 0.6) is 0 Å². The second kappa shape index (κ2) is 7.37. The SMILES string of the molecule is CCOC(=O)c1ccc(S(=O)(=O)N(C)CC(=O)N(C)C)cc1. The van der Waals surface area contributed by atoms with E-state index >= 15 is 0 Å². The van der Waals surface area contributed by atoms with Crippen molar-refractivity contribution in [3.8, 4) is 0 Å². The summed E-state index contributed by atoms with van der Waals surface area (Å²) in [6, 6.07) is 5.40. The topological polar surface area (TPSA) is 84.0 Å². The second-order valence-electron chi connectivity index (χ2n) is 4.79. The van der Waals surface area contributed by atoms with Crippen LogP contribution < -0.4 is 0 Å². The van der Waals surface area contributed by atoms with Crippen LogP contribution in [0.4, 0.5) is 0 Å². The summed E-state index contributed by atoms with van der Waals surface area (Å²) in [6.07, 6.45) is 0. The zero-order valence-electron chi connectivity index (χ0n) is 13.1. The number of amides is 1. The molecule has 0 saturated heterocycles. The van der Waals surface area contributed by atoms with Gasteiger partial charge >= 0.3 is 5.97 Å². The van der Waals surface area contributed by atoms with Crippen LogP contribution in [0.25, 0.3) is 0 Å². The standard InChI is InChI=1S/C14H20N2O5S/c1-5-21-14(18)11-6-8-12(9-7-11)22(19,20)16(4)10-13(17)15(2)3/h6-9H,5,10H2,1-4H3. The second-order valence-corrected chi connectivity index (χ2v) is 6.84. The lowest BCUT2D eigenvalue weighted by molar-refractivity contribution is -0.128. The maximum absolute atomic E-state index is 12.3. The summed E-state index contributed by atoms with van der Waals surface area (Å²) in [7, 11) is 0.646. The quantitative estimate of drug-likeness (QED) is 0.713. The Morgan fingerprint density at radius 3 is 2.09 bits per heavy atom. The predicted molar refractivity (Wildman–Crippen MR) is 80.9 cm³/mol. The third-order valence-corrected chi connectivity index (χ3v) is 4.75. The summed E-state index contributed by atoms with van der Waals surface area (Å²) in [5, 5.41) is 0. The number of hydrogen-bond acceptors (Lipinski definition) is 5. The Labute approximate surface area is 130 Å². The fourth-order valence-electron chi connectivity index (χ4n) is 1.57. The highest BCUT2D eigenvalue weighted by Gasteiger charge is 2.23. The Morgan fingerprint density at radius 2 is 1.64 bits per heavy atom. The first kappa shape index (κ1) is 18.1. The van der Waals surface area contributed by atoms with Crippen LogP contribution in [-0.2, 0) is 19.6 Å². The van der Waals surface area contributed by atoms with Gasteiger partial charge < -0.3 is 9.64 Å². The van der Waals surface area contributed by atoms with Crippen molar-refractivity contribution in [1.29, 1.82) is 0 Å². The van der Waals surface area contributed by atoms with E-state index in [-0.39, 0.29) is 29.5 Å². The van der Waals surface area contributed by atoms with E-state index in [1.54, 1.807) is 21.0 Å². The van der Waals surface area contributed by atoms with Gasteiger partial charge in [0.2, 0.25) is 15.9 Å². The van der Waals surface area contributed by atoms with Crippen molar-refractivity contribution in [3.63, 3.8) is 0 Å². The van der Waals surface area contributed by atoms with Crippen molar-refractivity contribution in [3.05, 3.63) is 29.8 Å². The molecule has 0 unspecified atom stereocenters. The van der Waals surface area contributed by atoms with Gasteiger partial charge in [-0.15, -0.1) is 0 Å². The first-order valence-corrected chi connectivity index (χ1v) is 8.07. The van der Waals surface area contributed by atoms with E-state index in [2.05, 4.69) is 0 Å². The van der Waals surface area contributed by atoms with E-state index in [9.17, 15) is 18.0 Å². The minimum atomic E-state index is -3.79. The number of ether oxygens (including phenoxy) is 1. The average Bonchev–Trinajstić information content (AvgIpc) is 2.47. The molecule has 0 aliphatic heterocycles. The van der Waals surface area contributed by atoms with E-state index in [4.69, 9.17) is 4.74 Å². The highest BCUT2D eigenvalue weighted by molar-refractivity contribution is 7.89. The van der Waals surface area contributed by atoms with Crippen LogP contribution in [0, 0.1) is 0 Å². The van der Waals surface area contributed by atoms with E-state index < -0.39 is 16.0 Å². The van der Waals surface area contributed by atoms with Gasteiger partial charge in [0.1, 0.15) is 0 Å². The number of sulfonamides is 1. The number of nitrogens with zero attached hydrogens (tertiary/aromatic N) is 2. The molecule has 7 nitrogen and oxygen atoms in total. The van der Waals surface area contributed by atoms with Crippen molar-refractivity contribution in [2.45, 2.75) is 11.8 Å². The van der Waals surface area contributed by atoms with Crippen LogP contribution in [0.1, 0.15) is 17.3 Å². The summed E-state index contributed by atoms with van der Waals surface area (Å²) >= 11 is 0. The van der Waals surface area contributed by atoms with E-state index in [1.165, 1.54) is 36.2 Å². The number of rotatable bonds is 6. The molecule has 0 bridgehead atoms. The third-order valence-electron chi connectivity index (χ3n) is 2.93. The zero-order chi connectivity index (χ0) is 16.9. The first-order chi connectivity index (χ1) is 10.2. The van der Waals surface area contributed by atoms with Crippen molar-refractivity contribution in [1.82, 2.24) is 9.21 Å². The van der Waals surface area contributed by atoms with Crippen LogP contribution in [0.2, 0.25) is 0 Å². The lowest BCUT2D eigenvalue weighted by Crippen LogP contribution is -2.37. The third kappa shape index (κ3) is 4.28. The molecule has 1 amide bonds. The van der Waals surface area contributed by atoms with Gasteiger partial charge in [-0.1, -0.05) is 0 Å². The summed E-state index contributed by atoms with van der Waals surface area (Å²) < 4.78 is 30.5. The van der Waals surface area contributed by atoms with Gasteiger partial charge in [-0.25, -0.2) is 13.2 Å². The molecule has 0 N–H and O–H groups in total. The minimum Gasteiger partial charge on any atom is -0.462 e. The average molecular weight is 328 g/mol. The van der Waals surface area contributed by atoms with Gasteiger partial charge in [-0.05, 0) is 31.2 Å². The summed E-state index contributed by atoms with van der Waals surface area (Å²) in [5.41, 5.74) is 0.271. The van der Waals surface area contributed by atoms with E-state index in [1.807, 2.05) is 0 Å². The largest absolute Gasteiger partial charge is 0.462 e. The Kier molecular flexibility index (Phi) is 6.07. The molecule has 1 aromatic carbocycles. The molecular weight excluding hydrogens is 308 g/mol. The molecular formula is C14H20N2O5S. The Hall–Kier alpha value is -1.93. The number of likely N-dealkylation sites (N-methyl/N-ethyl adjacent to an activating group) is 2. The van der Waals surface area contributed by atoms with Crippen molar-refractivity contribution < 1.29 is 22.7 Å². The summed E-state index contributed by atoms with van der Waals surface area (Å²) in [5.74, 6) is -0.836. The maximum Gasteiger partial charge on any atom is 0.338 e. The Morgan fingerprint density at radius 1 is 1.09 bits per heavy atom. The van der Waals surface area contributed by atoms with Gasteiger partial charge in [0.25, 0.3) is 0 Å². The van der Waals surface area contributed by atoms with E-state index in [0.29, 0.717) is 0 Å². The molecule has 0 atom stereocenters. The first-order valence-electron chi connectivity index (χ1n) is 6.63. The Bertz CT molecular complexity index is 638. The zero-order valence-corrected chi connectivity index (χ0v) is 13.9. The molecule has 0 saturated carbocycles. The van der Waals surface area contributed by atoms with Crippen molar-refractivity contribution in [2.75, 3.05) is 34.3 Å². The fourth-order valence-corrected chi connectivity index (χ4v) is 2.69. The molecule has 0 heterocycles. The van der Waals surface area contributed by atoms with Gasteiger partial charge in [0.15, 0.2) is 0 Å². The highest BCUT2D eigenvalue weighted by Crippen LogP contribution is 2.15. The van der Waals surface area contributed by atoms with Crippen LogP contribution in [0.15, 0.2) is 29.2 Å². The van der Waals surface area contributed by atoms with Crippen molar-refractivity contribution in [2.24, 2.45) is 0 Å². The molecule has 1 rings (SSSR count). The molecule has 0 spiro atoms. The fraction of sp³-hybridized carbons (Fsp3) is 0.429. The monoisotopic (exact) mass is 328 g/mol. The van der Waals surface area contributed by atoms with E-state index in [0.717, 1.165) is 4.31 Å². The smallest absolute Gasteiger partial charge is 0.338 e. The molecule has 0 aromatic heterocycles. The van der Waals surface area contributed by atoms with Crippen LogP contribution in [0.3, 0.4) is 0 Å². The van der Waals surface area contributed by atoms with Gasteiger partial charge in [0, 0.05) is 21.1 Å². The number of esters is 1. The summed E-state index contributed by atoms with van der Waals surface area (Å²) in [4.78, 5) is 24.5. The number of carbonyl (C=O) groups excluding carboxylic acids is 2. The summed E-state index contributed by atoms with van der Waals surface area (Å²) in [6.45, 7) is 1.68. The predicted octanol–water partition coefficient (Wildman–Crippen LogP) is 0.572. The van der Waals surface area contributed by atoms with Crippen LogP contribution in [-0.4, -0.2) is 63.8 Å². The molecule has 8 heteroatoms. The molecule has 22 heavy (non-hydrogen) atoms. The van der Waals surface area contributed by atoms with Crippen LogP contribution >= 0.6 is 0 Å². The number of benzene rings is 1. The Balaban J connectivity index is 2.94. The normalized spacial score (nSPS) is 11.3. The van der Waals surface area contributed by atoms with Gasteiger partial charge in [-0.2, -0.15) is 4.31 Å². The van der Waals surface area contributed by atoms with Gasteiger partial charge in [0.05, 0.1) is 23.6 Å². The lowest BCUT2D eigenvalue weighted by Gasteiger charge is -2.19. The van der Waals surface area contributed by atoms with Crippen molar-refractivity contribution >= 4 is 21.9 Å². The molecule has 122 valence electrons. The highest BCUT2D eigenvalue weighted by atomic mass is 32.2. The molecule has 0 aliphatic carbocycles.